The third-order valence-electron chi connectivity index (χ3n) is 5.12. The molecular formula is C14H22N4O4. The number of ether oxygens (including phenoxy) is 2. The maximum absolute atomic E-state index is 11.9. The predicted octanol–water partition coefficient (Wildman–Crippen LogP) is -2.52. The van der Waals surface area contributed by atoms with Gasteiger partial charge in [-0.2, -0.15) is 0 Å². The molecule has 0 bridgehead atoms. The molecule has 4 rings (SSSR count). The molecule has 2 aliphatic heterocycles. The molecule has 0 radical (unpaired) electrons. The SMILES string of the molecule is O=C(OC1CC12CNCCN2)C(=O)OC1CC12CNCCN2. The molecule has 2 spiro atoms. The van der Waals surface area contributed by atoms with Crippen molar-refractivity contribution in [1.82, 2.24) is 21.3 Å². The molecule has 2 saturated carbocycles. The van der Waals surface area contributed by atoms with Crippen LogP contribution in [0.3, 0.4) is 0 Å². The lowest BCUT2D eigenvalue weighted by atomic mass is 10.2. The number of hydrogen-bond donors (Lipinski definition) is 4. The van der Waals surface area contributed by atoms with Crippen LogP contribution >= 0.6 is 0 Å². The largest absolute Gasteiger partial charge is 0.452 e. The van der Waals surface area contributed by atoms with Gasteiger partial charge in [0.2, 0.25) is 0 Å². The lowest BCUT2D eigenvalue weighted by molar-refractivity contribution is -0.170. The highest BCUT2D eigenvalue weighted by molar-refractivity contribution is 6.29. The van der Waals surface area contributed by atoms with E-state index < -0.39 is 11.9 Å². The molecule has 22 heavy (non-hydrogen) atoms. The summed E-state index contributed by atoms with van der Waals surface area (Å²) in [5.41, 5.74) is -0.353. The number of carbonyl (C=O) groups is 2. The second-order valence-electron chi connectivity index (χ2n) is 6.72. The molecule has 2 saturated heterocycles. The molecule has 4 atom stereocenters. The highest BCUT2D eigenvalue weighted by Crippen LogP contribution is 2.41. The van der Waals surface area contributed by atoms with Gasteiger partial charge in [0.05, 0.1) is 11.1 Å². The summed E-state index contributed by atoms with van der Waals surface area (Å²) in [5.74, 6) is -1.75. The Kier molecular flexibility index (Phi) is 3.37. The van der Waals surface area contributed by atoms with Gasteiger partial charge >= 0.3 is 11.9 Å². The first-order valence-electron chi connectivity index (χ1n) is 7.97. The van der Waals surface area contributed by atoms with Crippen LogP contribution in [0.4, 0.5) is 0 Å². The van der Waals surface area contributed by atoms with E-state index >= 15 is 0 Å². The van der Waals surface area contributed by atoms with Gasteiger partial charge in [0.1, 0.15) is 12.2 Å². The summed E-state index contributed by atoms with van der Waals surface area (Å²) in [7, 11) is 0. The molecule has 4 unspecified atom stereocenters. The van der Waals surface area contributed by atoms with Gasteiger partial charge in [-0.05, 0) is 0 Å². The van der Waals surface area contributed by atoms with Gasteiger partial charge < -0.3 is 30.7 Å². The summed E-state index contributed by atoms with van der Waals surface area (Å²) in [5, 5.41) is 13.2. The van der Waals surface area contributed by atoms with Crippen molar-refractivity contribution in [3.8, 4) is 0 Å². The van der Waals surface area contributed by atoms with Crippen molar-refractivity contribution in [2.75, 3.05) is 39.3 Å². The Balaban J connectivity index is 1.24. The van der Waals surface area contributed by atoms with Crippen LogP contribution in [-0.2, 0) is 19.1 Å². The van der Waals surface area contributed by atoms with Gasteiger partial charge in [-0.3, -0.25) is 0 Å². The van der Waals surface area contributed by atoms with E-state index in [1.54, 1.807) is 0 Å². The Morgan fingerprint density at radius 3 is 1.59 bits per heavy atom. The average molecular weight is 310 g/mol. The minimum Gasteiger partial charge on any atom is -0.452 e. The lowest BCUT2D eigenvalue weighted by Crippen LogP contribution is -2.53. The van der Waals surface area contributed by atoms with E-state index in [2.05, 4.69) is 21.3 Å². The van der Waals surface area contributed by atoms with Crippen LogP contribution in [0.25, 0.3) is 0 Å². The molecule has 0 aromatic rings. The van der Waals surface area contributed by atoms with E-state index in [0.717, 1.165) is 52.1 Å². The van der Waals surface area contributed by atoms with Crippen molar-refractivity contribution in [3.05, 3.63) is 0 Å². The number of esters is 2. The molecule has 0 aromatic heterocycles. The molecule has 122 valence electrons. The second-order valence-corrected chi connectivity index (χ2v) is 6.72. The van der Waals surface area contributed by atoms with Crippen LogP contribution in [0.15, 0.2) is 0 Å². The number of piperazine rings is 2. The maximum Gasteiger partial charge on any atom is 0.417 e. The summed E-state index contributed by atoms with van der Waals surface area (Å²) in [4.78, 5) is 23.7. The fourth-order valence-electron chi connectivity index (χ4n) is 3.50. The van der Waals surface area contributed by atoms with Crippen LogP contribution < -0.4 is 21.3 Å². The summed E-state index contributed by atoms with van der Waals surface area (Å²) in [6.45, 7) is 5.05. The second kappa shape index (κ2) is 5.16. The van der Waals surface area contributed by atoms with E-state index in [1.165, 1.54) is 0 Å². The van der Waals surface area contributed by atoms with Crippen molar-refractivity contribution >= 4 is 11.9 Å². The van der Waals surface area contributed by atoms with E-state index in [-0.39, 0.29) is 23.3 Å². The van der Waals surface area contributed by atoms with Gasteiger partial charge in [-0.15, -0.1) is 0 Å². The highest BCUT2D eigenvalue weighted by Gasteiger charge is 2.60. The fraction of sp³-hybridized carbons (Fsp3) is 0.857. The number of nitrogens with one attached hydrogen (secondary N) is 4. The molecule has 2 heterocycles. The monoisotopic (exact) mass is 310 g/mol. The predicted molar refractivity (Wildman–Crippen MR) is 76.2 cm³/mol. The van der Waals surface area contributed by atoms with E-state index in [1.807, 2.05) is 0 Å². The van der Waals surface area contributed by atoms with Crippen molar-refractivity contribution < 1.29 is 19.1 Å². The Morgan fingerprint density at radius 2 is 1.23 bits per heavy atom. The minimum absolute atomic E-state index is 0.177. The van der Waals surface area contributed by atoms with Gasteiger partial charge in [0.15, 0.2) is 0 Å². The topological polar surface area (TPSA) is 101 Å². The Hall–Kier alpha value is -1.22. The van der Waals surface area contributed by atoms with Crippen LogP contribution in [0, 0.1) is 0 Å². The minimum atomic E-state index is -0.875. The molecule has 4 fully saturated rings. The third kappa shape index (κ3) is 2.50. The Morgan fingerprint density at radius 1 is 0.773 bits per heavy atom. The normalized spacial score (nSPS) is 42.9. The molecule has 4 aliphatic rings. The smallest absolute Gasteiger partial charge is 0.417 e. The van der Waals surface area contributed by atoms with Crippen LogP contribution in [0.2, 0.25) is 0 Å². The Labute approximate surface area is 128 Å². The van der Waals surface area contributed by atoms with Crippen molar-refractivity contribution in [2.24, 2.45) is 0 Å². The van der Waals surface area contributed by atoms with Gasteiger partial charge in [0, 0.05) is 52.1 Å². The molecule has 8 nitrogen and oxygen atoms in total. The number of carbonyl (C=O) groups excluding carboxylic acids is 2. The van der Waals surface area contributed by atoms with Gasteiger partial charge in [-0.25, -0.2) is 9.59 Å². The summed E-state index contributed by atoms with van der Waals surface area (Å²) in [6, 6.07) is 0. The molecule has 2 aliphatic carbocycles. The lowest BCUT2D eigenvalue weighted by Gasteiger charge is -2.25. The zero-order valence-electron chi connectivity index (χ0n) is 12.4. The van der Waals surface area contributed by atoms with E-state index in [0.29, 0.717) is 0 Å². The zero-order valence-corrected chi connectivity index (χ0v) is 12.4. The highest BCUT2D eigenvalue weighted by atomic mass is 16.6. The number of rotatable bonds is 2. The van der Waals surface area contributed by atoms with Gasteiger partial charge in [-0.1, -0.05) is 0 Å². The first-order valence-corrected chi connectivity index (χ1v) is 7.97. The maximum atomic E-state index is 11.9. The zero-order chi connectivity index (χ0) is 15.2. The average Bonchev–Trinajstić information content (AvgIpc) is 3.39. The van der Waals surface area contributed by atoms with Gasteiger partial charge in [0.25, 0.3) is 0 Å². The van der Waals surface area contributed by atoms with Crippen LogP contribution in [-0.4, -0.2) is 74.5 Å². The van der Waals surface area contributed by atoms with E-state index in [4.69, 9.17) is 9.47 Å². The summed E-state index contributed by atoms with van der Waals surface area (Å²) >= 11 is 0. The number of hydrogen-bond acceptors (Lipinski definition) is 8. The summed E-state index contributed by atoms with van der Waals surface area (Å²) < 4.78 is 10.5. The Bertz CT molecular complexity index is 441. The fourth-order valence-corrected chi connectivity index (χ4v) is 3.50. The molecule has 8 heteroatoms. The van der Waals surface area contributed by atoms with Crippen molar-refractivity contribution in [1.29, 1.82) is 0 Å². The standard InChI is InChI=1S/C14H22N4O4/c19-11(21-9-5-13(9)7-15-1-3-17-13)12(20)22-10-6-14(10)8-16-2-4-18-14/h9-10,15-18H,1-8H2. The van der Waals surface area contributed by atoms with Crippen LogP contribution in [0.5, 0.6) is 0 Å². The third-order valence-corrected chi connectivity index (χ3v) is 5.12. The quantitative estimate of drug-likeness (QED) is 0.328. The first-order chi connectivity index (χ1) is 10.6. The molecular weight excluding hydrogens is 288 g/mol. The molecule has 0 amide bonds. The van der Waals surface area contributed by atoms with Crippen molar-refractivity contribution in [2.45, 2.75) is 36.1 Å². The summed E-state index contributed by atoms with van der Waals surface area (Å²) in [6.07, 6.45) is 1.03. The molecule has 4 N–H and O–H groups in total. The van der Waals surface area contributed by atoms with E-state index in [9.17, 15) is 9.59 Å². The molecule has 0 aromatic carbocycles. The van der Waals surface area contributed by atoms with Crippen LogP contribution in [0.1, 0.15) is 12.8 Å². The van der Waals surface area contributed by atoms with Crippen molar-refractivity contribution in [3.63, 3.8) is 0 Å². The first kappa shape index (κ1) is 14.4.